The fourth-order valence-corrected chi connectivity index (χ4v) is 3.07. The van der Waals surface area contributed by atoms with E-state index in [2.05, 4.69) is 4.98 Å². The van der Waals surface area contributed by atoms with Crippen molar-refractivity contribution in [2.45, 2.75) is 20.0 Å². The number of amides is 1. The van der Waals surface area contributed by atoms with Gasteiger partial charge in [-0.25, -0.2) is 4.98 Å². The summed E-state index contributed by atoms with van der Waals surface area (Å²) in [7, 11) is 0. The molecule has 1 aromatic carbocycles. The van der Waals surface area contributed by atoms with Gasteiger partial charge in [0, 0.05) is 18.7 Å². The first-order valence-electron chi connectivity index (χ1n) is 6.81. The van der Waals surface area contributed by atoms with Crippen molar-refractivity contribution in [1.29, 1.82) is 0 Å². The predicted octanol–water partition coefficient (Wildman–Crippen LogP) is 4.31. The Morgan fingerprint density at radius 1 is 1.18 bits per heavy atom. The molecule has 1 aromatic heterocycles. The number of thiazole rings is 1. The Balaban J connectivity index is 2.53. The molecule has 3 nitrogen and oxygen atoms in total. The highest BCUT2D eigenvalue weighted by Gasteiger charge is 2.40. The van der Waals surface area contributed by atoms with Gasteiger partial charge in [0.05, 0.1) is 0 Å². The van der Waals surface area contributed by atoms with E-state index in [-0.39, 0.29) is 9.88 Å². The lowest BCUT2D eigenvalue weighted by molar-refractivity contribution is -0.141. The van der Waals surface area contributed by atoms with E-state index in [1.807, 2.05) is 0 Å². The molecule has 0 fully saturated rings. The zero-order chi connectivity index (χ0) is 16.3. The standard InChI is InChI=1S/C15H15F3N2OS/c1-3-20(4-2)14(21)11-12(15(16,17)18)19-13(22-11)10-8-6-5-7-9-10/h5-9H,3-4H2,1-2H3. The summed E-state index contributed by atoms with van der Waals surface area (Å²) in [4.78, 5) is 17.0. The molecule has 0 aliphatic rings. The lowest BCUT2D eigenvalue weighted by atomic mass is 10.2. The molecular weight excluding hydrogens is 313 g/mol. The molecule has 0 saturated heterocycles. The van der Waals surface area contributed by atoms with Crippen LogP contribution < -0.4 is 0 Å². The lowest BCUT2D eigenvalue weighted by Crippen LogP contribution is -2.31. The molecule has 0 aliphatic heterocycles. The molecule has 0 saturated carbocycles. The molecule has 2 rings (SSSR count). The van der Waals surface area contributed by atoms with Crippen molar-refractivity contribution in [2.75, 3.05) is 13.1 Å². The number of hydrogen-bond acceptors (Lipinski definition) is 3. The fourth-order valence-electron chi connectivity index (χ4n) is 2.02. The summed E-state index contributed by atoms with van der Waals surface area (Å²) in [6, 6.07) is 8.55. The van der Waals surface area contributed by atoms with Crippen LogP contribution in [-0.4, -0.2) is 28.9 Å². The number of carbonyl (C=O) groups is 1. The van der Waals surface area contributed by atoms with Crippen LogP contribution in [0.3, 0.4) is 0 Å². The van der Waals surface area contributed by atoms with E-state index in [0.29, 0.717) is 18.7 Å². The largest absolute Gasteiger partial charge is 0.435 e. The van der Waals surface area contributed by atoms with E-state index >= 15 is 0 Å². The molecular formula is C15H15F3N2OS. The maximum absolute atomic E-state index is 13.2. The van der Waals surface area contributed by atoms with Crippen LogP contribution in [0.15, 0.2) is 30.3 Å². The molecule has 1 heterocycles. The summed E-state index contributed by atoms with van der Waals surface area (Å²) in [5.74, 6) is -0.628. The maximum Gasteiger partial charge on any atom is 0.435 e. The number of carbonyl (C=O) groups excluding carboxylic acids is 1. The van der Waals surface area contributed by atoms with E-state index in [9.17, 15) is 18.0 Å². The van der Waals surface area contributed by atoms with Crippen molar-refractivity contribution in [2.24, 2.45) is 0 Å². The molecule has 1 amide bonds. The Bertz CT molecular complexity index is 649. The van der Waals surface area contributed by atoms with Crippen molar-refractivity contribution in [3.8, 4) is 10.6 Å². The molecule has 0 unspecified atom stereocenters. The van der Waals surface area contributed by atoms with Crippen LogP contribution in [0.25, 0.3) is 10.6 Å². The van der Waals surface area contributed by atoms with Gasteiger partial charge in [-0.1, -0.05) is 30.3 Å². The van der Waals surface area contributed by atoms with Crippen molar-refractivity contribution in [1.82, 2.24) is 9.88 Å². The van der Waals surface area contributed by atoms with Gasteiger partial charge in [0.2, 0.25) is 0 Å². The van der Waals surface area contributed by atoms with Gasteiger partial charge < -0.3 is 4.90 Å². The highest BCUT2D eigenvalue weighted by atomic mass is 32.1. The number of halogens is 3. The fraction of sp³-hybridized carbons (Fsp3) is 0.333. The normalized spacial score (nSPS) is 11.5. The summed E-state index contributed by atoms with van der Waals surface area (Å²) in [6.07, 6.45) is -4.65. The molecule has 0 atom stereocenters. The van der Waals surface area contributed by atoms with Crippen molar-refractivity contribution in [3.05, 3.63) is 40.9 Å². The monoisotopic (exact) mass is 328 g/mol. The summed E-state index contributed by atoms with van der Waals surface area (Å²) in [6.45, 7) is 4.16. The van der Waals surface area contributed by atoms with Crippen molar-refractivity contribution >= 4 is 17.2 Å². The average Bonchev–Trinajstić information content (AvgIpc) is 2.94. The van der Waals surface area contributed by atoms with E-state index in [4.69, 9.17) is 0 Å². The third-order valence-electron chi connectivity index (χ3n) is 3.16. The third-order valence-corrected chi connectivity index (χ3v) is 4.25. The Labute approximate surface area is 130 Å². The highest BCUT2D eigenvalue weighted by Crippen LogP contribution is 2.38. The zero-order valence-corrected chi connectivity index (χ0v) is 13.0. The minimum absolute atomic E-state index is 0.198. The van der Waals surface area contributed by atoms with Gasteiger partial charge in [0.25, 0.3) is 5.91 Å². The number of aromatic nitrogens is 1. The summed E-state index contributed by atoms with van der Waals surface area (Å²) >= 11 is 0.784. The third kappa shape index (κ3) is 3.30. The average molecular weight is 328 g/mol. The quantitative estimate of drug-likeness (QED) is 0.838. The van der Waals surface area contributed by atoms with E-state index < -0.39 is 17.8 Å². The van der Waals surface area contributed by atoms with E-state index in [1.165, 1.54) is 4.90 Å². The minimum Gasteiger partial charge on any atom is -0.338 e. The zero-order valence-electron chi connectivity index (χ0n) is 12.1. The second-order valence-corrected chi connectivity index (χ2v) is 5.54. The number of nitrogens with zero attached hydrogens (tertiary/aromatic N) is 2. The molecule has 2 aromatic rings. The van der Waals surface area contributed by atoms with Gasteiger partial charge in [-0.05, 0) is 13.8 Å². The van der Waals surface area contributed by atoms with Crippen LogP contribution in [0.2, 0.25) is 0 Å². The van der Waals surface area contributed by atoms with Crippen LogP contribution >= 0.6 is 11.3 Å². The number of rotatable bonds is 4. The van der Waals surface area contributed by atoms with Crippen LogP contribution in [0, 0.1) is 0 Å². The van der Waals surface area contributed by atoms with Crippen LogP contribution in [0.5, 0.6) is 0 Å². The molecule has 118 valence electrons. The van der Waals surface area contributed by atoms with Crippen molar-refractivity contribution < 1.29 is 18.0 Å². The maximum atomic E-state index is 13.2. The Kier molecular flexibility index (Phi) is 4.85. The molecule has 0 spiro atoms. The summed E-state index contributed by atoms with van der Waals surface area (Å²) in [5.41, 5.74) is -0.537. The van der Waals surface area contributed by atoms with E-state index in [0.717, 1.165) is 11.3 Å². The molecule has 22 heavy (non-hydrogen) atoms. The first-order valence-corrected chi connectivity index (χ1v) is 7.62. The predicted molar refractivity (Wildman–Crippen MR) is 79.8 cm³/mol. The van der Waals surface area contributed by atoms with Crippen LogP contribution in [0.1, 0.15) is 29.2 Å². The lowest BCUT2D eigenvalue weighted by Gasteiger charge is -2.18. The Morgan fingerprint density at radius 3 is 2.27 bits per heavy atom. The molecule has 7 heteroatoms. The topological polar surface area (TPSA) is 33.2 Å². The van der Waals surface area contributed by atoms with Crippen molar-refractivity contribution in [3.63, 3.8) is 0 Å². The first-order chi connectivity index (χ1) is 10.4. The van der Waals surface area contributed by atoms with Gasteiger partial charge in [0.15, 0.2) is 5.69 Å². The minimum atomic E-state index is -4.65. The number of hydrogen-bond donors (Lipinski definition) is 0. The van der Waals surface area contributed by atoms with E-state index in [1.54, 1.807) is 44.2 Å². The smallest absolute Gasteiger partial charge is 0.338 e. The first kappa shape index (κ1) is 16.5. The van der Waals surface area contributed by atoms with Gasteiger partial charge in [0.1, 0.15) is 9.88 Å². The van der Waals surface area contributed by atoms with Gasteiger partial charge in [-0.3, -0.25) is 4.79 Å². The molecule has 0 aliphatic carbocycles. The van der Waals surface area contributed by atoms with Crippen LogP contribution in [0.4, 0.5) is 13.2 Å². The van der Waals surface area contributed by atoms with Crippen LogP contribution in [-0.2, 0) is 6.18 Å². The molecule has 0 bridgehead atoms. The summed E-state index contributed by atoms with van der Waals surface area (Å²) in [5, 5.41) is 0.198. The van der Waals surface area contributed by atoms with Gasteiger partial charge in [-0.15, -0.1) is 11.3 Å². The molecule has 0 radical (unpaired) electrons. The van der Waals surface area contributed by atoms with Gasteiger partial charge in [-0.2, -0.15) is 13.2 Å². The second kappa shape index (κ2) is 6.48. The molecule has 0 N–H and O–H groups in total. The second-order valence-electron chi connectivity index (χ2n) is 4.54. The number of alkyl halides is 3. The SMILES string of the molecule is CCN(CC)C(=O)c1sc(-c2ccccc2)nc1C(F)(F)F. The Morgan fingerprint density at radius 2 is 1.77 bits per heavy atom. The number of benzene rings is 1. The van der Waals surface area contributed by atoms with Gasteiger partial charge >= 0.3 is 6.18 Å². The Hall–Kier alpha value is -1.89. The summed E-state index contributed by atoms with van der Waals surface area (Å²) < 4.78 is 39.5. The highest BCUT2D eigenvalue weighted by molar-refractivity contribution is 7.17.